The highest BCUT2D eigenvalue weighted by Crippen LogP contribution is 2.43. The molecule has 398 valence electrons. The van der Waals surface area contributed by atoms with E-state index < -0.39 is 0 Å². The molecule has 20 heteroatoms. The minimum absolute atomic E-state index is 0.00247. The van der Waals surface area contributed by atoms with Gasteiger partial charge in [-0.15, -0.1) is 0 Å². The van der Waals surface area contributed by atoms with E-state index >= 15 is 0 Å². The Kier molecular flexibility index (Phi) is 20.1. The highest BCUT2D eigenvalue weighted by Gasteiger charge is 2.37. The van der Waals surface area contributed by atoms with E-state index in [0.29, 0.717) is 138 Å². The number of ether oxygens (including phenoxy) is 4. The first-order chi connectivity index (χ1) is 35.9. The first-order valence-corrected chi connectivity index (χ1v) is 26.9. The van der Waals surface area contributed by atoms with Gasteiger partial charge in [-0.1, -0.05) is 82.8 Å². The monoisotopic (exact) mass is 1090 g/mol. The Hall–Kier alpha value is -4.72. The molecule has 0 aliphatic carbocycles. The quantitative estimate of drug-likeness (QED) is 0.0488. The van der Waals surface area contributed by atoms with Crippen LogP contribution in [-0.2, 0) is 45.1 Å². The number of benzene rings is 4. The maximum Gasteiger partial charge on any atom is 0.314 e. The number of amides is 6. The number of halogens is 4. The van der Waals surface area contributed by atoms with Crippen molar-refractivity contribution in [2.45, 2.75) is 50.9 Å². The van der Waals surface area contributed by atoms with Crippen LogP contribution in [0, 0.1) is 0 Å². The summed E-state index contributed by atoms with van der Waals surface area (Å²) in [5.41, 5.74) is 9.77. The summed E-state index contributed by atoms with van der Waals surface area (Å²) in [6.07, 6.45) is 1.38. The molecule has 74 heavy (non-hydrogen) atoms. The summed E-state index contributed by atoms with van der Waals surface area (Å²) in [4.78, 5) is 59.9. The van der Waals surface area contributed by atoms with E-state index in [1.807, 2.05) is 58.3 Å². The predicted molar refractivity (Wildman–Crippen MR) is 287 cm³/mol. The molecule has 0 bridgehead atoms. The van der Waals surface area contributed by atoms with Crippen molar-refractivity contribution in [1.29, 1.82) is 0 Å². The molecule has 8 rings (SSSR count). The van der Waals surface area contributed by atoms with Crippen LogP contribution in [0.2, 0.25) is 20.1 Å². The van der Waals surface area contributed by atoms with Gasteiger partial charge in [0, 0.05) is 122 Å². The van der Waals surface area contributed by atoms with Crippen LogP contribution in [0.4, 0.5) is 9.59 Å². The van der Waals surface area contributed by atoms with E-state index in [4.69, 9.17) is 65.4 Å². The van der Waals surface area contributed by atoms with Gasteiger partial charge in [0.25, 0.3) is 11.8 Å². The second-order valence-electron chi connectivity index (χ2n) is 19.1. The van der Waals surface area contributed by atoms with E-state index in [0.717, 1.165) is 81.8 Å². The van der Waals surface area contributed by atoms with Gasteiger partial charge in [0.05, 0.1) is 52.9 Å². The zero-order chi connectivity index (χ0) is 52.1. The highest BCUT2D eigenvalue weighted by atomic mass is 35.5. The van der Waals surface area contributed by atoms with Crippen molar-refractivity contribution in [2.24, 2.45) is 0 Å². The van der Waals surface area contributed by atoms with Gasteiger partial charge in [-0.05, 0) is 95.7 Å². The number of likely N-dealkylation sites (N-methyl/N-ethyl adjacent to an activating group) is 2. The van der Waals surface area contributed by atoms with Crippen molar-refractivity contribution in [2.75, 3.05) is 119 Å². The topological polar surface area (TPSA) is 166 Å². The Morgan fingerprint density at radius 2 is 0.905 bits per heavy atom. The number of carbonyl (C=O) groups is 4. The Bertz CT molecular complexity index is 2470. The minimum Gasteiger partial charge on any atom is -0.377 e. The highest BCUT2D eigenvalue weighted by molar-refractivity contribution is 6.36. The lowest BCUT2D eigenvalue weighted by Gasteiger charge is -2.34. The third-order valence-electron chi connectivity index (χ3n) is 13.8. The normalized spacial score (nSPS) is 17.3. The van der Waals surface area contributed by atoms with Crippen LogP contribution < -0.4 is 21.3 Å². The molecule has 4 aromatic rings. The van der Waals surface area contributed by atoms with E-state index in [1.54, 1.807) is 12.1 Å². The molecule has 4 aliphatic rings. The van der Waals surface area contributed by atoms with Gasteiger partial charge in [-0.2, -0.15) is 0 Å². The van der Waals surface area contributed by atoms with Crippen molar-refractivity contribution < 1.29 is 38.1 Å². The lowest BCUT2D eigenvalue weighted by molar-refractivity contribution is 0.0376. The van der Waals surface area contributed by atoms with Gasteiger partial charge in [0.2, 0.25) is 0 Å². The molecule has 0 radical (unpaired) electrons. The van der Waals surface area contributed by atoms with Crippen LogP contribution in [0.5, 0.6) is 0 Å². The summed E-state index contributed by atoms with van der Waals surface area (Å²) in [7, 11) is 4.12. The lowest BCUT2D eigenvalue weighted by Crippen LogP contribution is -2.39. The maximum absolute atomic E-state index is 13.7. The summed E-state index contributed by atoms with van der Waals surface area (Å²) in [5.74, 6) is -0.0429. The number of hydrogen-bond acceptors (Lipinski definition) is 10. The number of hydrogen-bond donors (Lipinski definition) is 4. The summed E-state index contributed by atoms with van der Waals surface area (Å²) in [6, 6.07) is 19.1. The minimum atomic E-state index is -0.289. The van der Waals surface area contributed by atoms with Crippen LogP contribution in [-0.4, -0.2) is 163 Å². The Morgan fingerprint density at radius 1 is 0.514 bits per heavy atom. The zero-order valence-corrected chi connectivity index (χ0v) is 45.1. The molecule has 2 atom stereocenters. The smallest absolute Gasteiger partial charge is 0.314 e. The fraction of sp³-hybridized carbons (Fsp3) is 0.481. The molecule has 0 fully saturated rings. The summed E-state index contributed by atoms with van der Waals surface area (Å²) >= 11 is 26.1. The zero-order valence-electron chi connectivity index (χ0n) is 42.1. The van der Waals surface area contributed by atoms with Crippen molar-refractivity contribution >= 4 is 70.3 Å². The van der Waals surface area contributed by atoms with Crippen LogP contribution in [0.25, 0.3) is 0 Å². The average molecular weight is 1100 g/mol. The molecule has 0 saturated heterocycles. The second kappa shape index (κ2) is 26.9. The van der Waals surface area contributed by atoms with Gasteiger partial charge < -0.3 is 59.8 Å². The van der Waals surface area contributed by atoms with E-state index in [9.17, 15) is 19.2 Å². The summed E-state index contributed by atoms with van der Waals surface area (Å²) in [6.45, 7) is 9.41. The van der Waals surface area contributed by atoms with Crippen LogP contribution in [0.15, 0.2) is 60.7 Å². The number of urea groups is 2. The molecule has 4 aliphatic heterocycles. The van der Waals surface area contributed by atoms with Gasteiger partial charge in [0.1, 0.15) is 0 Å². The van der Waals surface area contributed by atoms with Crippen LogP contribution in [0.3, 0.4) is 0 Å². The third kappa shape index (κ3) is 14.2. The van der Waals surface area contributed by atoms with Gasteiger partial charge in [0.15, 0.2) is 0 Å². The fourth-order valence-corrected chi connectivity index (χ4v) is 11.4. The Balaban J connectivity index is 0.593. The number of carbonyl (C=O) groups excluding carboxylic acids is 4. The van der Waals surface area contributed by atoms with Crippen molar-refractivity contribution in [1.82, 2.24) is 40.9 Å². The van der Waals surface area contributed by atoms with Crippen LogP contribution >= 0.6 is 46.4 Å². The average Bonchev–Trinajstić information content (AvgIpc) is 3.88. The second-order valence-corrected chi connectivity index (χ2v) is 20.8. The molecule has 4 N–H and O–H groups in total. The number of nitrogens with one attached hydrogen (secondary N) is 4. The predicted octanol–water partition coefficient (Wildman–Crippen LogP) is 7.51. The molecule has 6 amide bonds. The Labute approximate surface area is 453 Å². The van der Waals surface area contributed by atoms with E-state index in [-0.39, 0.29) is 35.7 Å². The first-order valence-electron chi connectivity index (χ1n) is 25.4. The largest absolute Gasteiger partial charge is 0.377 e. The SMILES string of the molecule is CN1Cc2c(Cl)cc(Cl)cc2C(c2cccc3c2C(=O)N(CCOCCOCCNC(=O)NCCCCNC(=O)NCCOCCOCCN2Cc4cccc(C5CN(C)Cc6c(Cl)cc(Cl)cc65)c4C2=O)C3)C1. The fourth-order valence-electron chi connectivity index (χ4n) is 10.3. The molecule has 4 aromatic carbocycles. The standard InChI is InChI=1S/C54H66Cl4N8O8/c1-63-31-43(41-25-37(55)27-47(57)45(41)33-63)39-9-5-7-35-29-65(51(67)49(35)39)15-19-73-23-21-71-17-13-61-53(69)59-11-3-4-12-60-54(70)62-14-18-72-22-24-74-20-16-66-30-36-8-6-10-40(50(36)52(66)68)44-32-64(2)34-46-42(44)26-38(56)28-48(46)58/h5-10,25-28,43-44H,3-4,11-24,29-34H2,1-2H3,(H2,59,61,69)(H2,60,62,70). The van der Waals surface area contributed by atoms with Crippen molar-refractivity contribution in [3.05, 3.63) is 136 Å². The molecule has 2 unspecified atom stereocenters. The van der Waals surface area contributed by atoms with Crippen molar-refractivity contribution in [3.63, 3.8) is 0 Å². The Morgan fingerprint density at radius 3 is 1.32 bits per heavy atom. The number of fused-ring (bicyclic) bond motifs is 4. The molecule has 16 nitrogen and oxygen atoms in total. The summed E-state index contributed by atoms with van der Waals surface area (Å²) < 4.78 is 22.8. The third-order valence-corrected chi connectivity index (χ3v) is 14.9. The lowest BCUT2D eigenvalue weighted by atomic mass is 9.82. The molecular formula is C54H66Cl4N8O8. The molecule has 0 aromatic heterocycles. The number of nitrogens with zero attached hydrogens (tertiary/aromatic N) is 4. The number of unbranched alkanes of at least 4 members (excludes halogenated alkanes) is 1. The summed E-state index contributed by atoms with van der Waals surface area (Å²) in [5, 5.41) is 13.6. The van der Waals surface area contributed by atoms with Gasteiger partial charge in [-0.3, -0.25) is 9.59 Å². The van der Waals surface area contributed by atoms with E-state index in [1.165, 1.54) is 0 Å². The van der Waals surface area contributed by atoms with Crippen molar-refractivity contribution in [3.8, 4) is 0 Å². The maximum atomic E-state index is 13.7. The number of rotatable bonds is 25. The molecule has 4 heterocycles. The first kappa shape index (κ1) is 55.5. The molecule has 0 saturated carbocycles. The van der Waals surface area contributed by atoms with Gasteiger partial charge in [-0.25, -0.2) is 9.59 Å². The van der Waals surface area contributed by atoms with Crippen LogP contribution in [0.1, 0.15) is 89.9 Å². The van der Waals surface area contributed by atoms with E-state index in [2.05, 4.69) is 45.2 Å². The molecule has 0 spiro atoms. The molecular weight excluding hydrogens is 1030 g/mol. The van der Waals surface area contributed by atoms with Gasteiger partial charge >= 0.3 is 12.1 Å².